The van der Waals surface area contributed by atoms with Crippen molar-refractivity contribution in [3.05, 3.63) is 28.5 Å². The molecule has 2 heterocycles. The van der Waals surface area contributed by atoms with E-state index in [0.29, 0.717) is 6.20 Å². The highest BCUT2D eigenvalue weighted by molar-refractivity contribution is 7.80. The number of amidine groups is 1. The van der Waals surface area contributed by atoms with Gasteiger partial charge in [-0.15, -0.1) is 0 Å². The molecule has 9 heteroatoms. The van der Waals surface area contributed by atoms with Gasteiger partial charge in [-0.25, -0.2) is 9.98 Å². The van der Waals surface area contributed by atoms with Crippen LogP contribution < -0.4 is 5.73 Å². The molecular weight excluding hydrogens is 301 g/mol. The number of hydrogen-bond donors (Lipinski definition) is 1. The van der Waals surface area contributed by atoms with Gasteiger partial charge >= 0.3 is 6.18 Å². The van der Waals surface area contributed by atoms with Crippen molar-refractivity contribution in [1.82, 2.24) is 4.98 Å². The van der Waals surface area contributed by atoms with Crippen LogP contribution in [0.4, 0.5) is 13.2 Å². The van der Waals surface area contributed by atoms with Crippen molar-refractivity contribution >= 4 is 41.0 Å². The summed E-state index contributed by atoms with van der Waals surface area (Å²) in [4.78, 5) is 11.2. The van der Waals surface area contributed by atoms with E-state index in [1.165, 1.54) is 6.21 Å². The minimum atomic E-state index is -4.50. The van der Waals surface area contributed by atoms with E-state index in [9.17, 15) is 13.2 Å². The summed E-state index contributed by atoms with van der Waals surface area (Å²) in [5.74, 6) is -0.587. The SMILES string of the molecule is NC1=NC(=S)N=CC1c1ncc(C(F)(F)F)cc1Cl. The summed E-state index contributed by atoms with van der Waals surface area (Å²) in [7, 11) is 0. The minimum absolute atomic E-state index is 0.0526. The molecule has 0 saturated heterocycles. The largest absolute Gasteiger partial charge is 0.417 e. The third-order valence-electron chi connectivity index (χ3n) is 2.37. The monoisotopic (exact) mass is 306 g/mol. The topological polar surface area (TPSA) is 63.6 Å². The van der Waals surface area contributed by atoms with Gasteiger partial charge in [0.2, 0.25) is 5.11 Å². The highest BCUT2D eigenvalue weighted by Gasteiger charge is 2.32. The second-order valence-electron chi connectivity index (χ2n) is 3.66. The first-order valence-electron chi connectivity index (χ1n) is 4.94. The molecule has 1 atom stereocenters. The Morgan fingerprint density at radius 2 is 2.05 bits per heavy atom. The fourth-order valence-corrected chi connectivity index (χ4v) is 1.92. The van der Waals surface area contributed by atoms with E-state index in [4.69, 9.17) is 29.6 Å². The Kier molecular flexibility index (Phi) is 3.55. The van der Waals surface area contributed by atoms with Crippen molar-refractivity contribution in [2.75, 3.05) is 0 Å². The third-order valence-corrected chi connectivity index (χ3v) is 2.87. The average Bonchev–Trinajstić information content (AvgIpc) is 2.28. The van der Waals surface area contributed by atoms with E-state index in [-0.39, 0.29) is 21.7 Å². The predicted molar refractivity (Wildman–Crippen MR) is 69.7 cm³/mol. The van der Waals surface area contributed by atoms with Crippen LogP contribution in [-0.4, -0.2) is 22.1 Å². The first-order chi connectivity index (χ1) is 8.79. The number of pyridine rings is 1. The van der Waals surface area contributed by atoms with Gasteiger partial charge < -0.3 is 5.73 Å². The van der Waals surface area contributed by atoms with Crippen molar-refractivity contribution in [1.29, 1.82) is 0 Å². The van der Waals surface area contributed by atoms with Crippen molar-refractivity contribution in [2.45, 2.75) is 12.1 Å². The quantitative estimate of drug-likeness (QED) is 0.811. The third kappa shape index (κ3) is 2.90. The summed E-state index contributed by atoms with van der Waals surface area (Å²) in [6.45, 7) is 0. The number of thiocarbonyl (C=S) groups is 1. The number of rotatable bonds is 1. The van der Waals surface area contributed by atoms with Gasteiger partial charge in [0.1, 0.15) is 5.84 Å². The Morgan fingerprint density at radius 1 is 1.37 bits per heavy atom. The summed E-state index contributed by atoms with van der Waals surface area (Å²) in [5, 5.41) is -0.103. The number of aliphatic imine (C=N–C) groups is 2. The first-order valence-corrected chi connectivity index (χ1v) is 5.72. The van der Waals surface area contributed by atoms with Crippen LogP contribution in [0.5, 0.6) is 0 Å². The van der Waals surface area contributed by atoms with Crippen LogP contribution in [0, 0.1) is 0 Å². The van der Waals surface area contributed by atoms with Crippen molar-refractivity contribution in [2.24, 2.45) is 15.7 Å². The number of aromatic nitrogens is 1. The summed E-state index contributed by atoms with van der Waals surface area (Å²) in [6, 6.07) is 0.790. The normalized spacial score (nSPS) is 19.5. The number of nitrogens with two attached hydrogens (primary N) is 1. The molecule has 1 aliphatic rings. The van der Waals surface area contributed by atoms with Gasteiger partial charge in [-0.2, -0.15) is 13.2 Å². The molecule has 0 saturated carbocycles. The number of hydrogen-bond acceptors (Lipinski definition) is 3. The lowest BCUT2D eigenvalue weighted by Crippen LogP contribution is -2.28. The molecule has 0 aromatic carbocycles. The number of halogens is 4. The summed E-state index contributed by atoms with van der Waals surface area (Å²) in [5.41, 5.74) is 4.87. The van der Waals surface area contributed by atoms with Crippen molar-refractivity contribution in [3.63, 3.8) is 0 Å². The summed E-state index contributed by atoms with van der Waals surface area (Å²) < 4.78 is 37.4. The molecule has 1 aromatic rings. The van der Waals surface area contributed by atoms with Gasteiger partial charge in [-0.1, -0.05) is 11.6 Å². The van der Waals surface area contributed by atoms with E-state index in [0.717, 1.165) is 6.07 Å². The Hall–Kier alpha value is -1.54. The van der Waals surface area contributed by atoms with E-state index in [2.05, 4.69) is 15.0 Å². The Balaban J connectivity index is 2.40. The Bertz CT molecular complexity index is 597. The lowest BCUT2D eigenvalue weighted by Gasteiger charge is -2.16. The lowest BCUT2D eigenvalue weighted by molar-refractivity contribution is -0.137. The van der Waals surface area contributed by atoms with Crippen LogP contribution in [0.1, 0.15) is 17.2 Å². The van der Waals surface area contributed by atoms with Gasteiger partial charge in [0.15, 0.2) is 0 Å². The molecule has 19 heavy (non-hydrogen) atoms. The Labute approximate surface area is 116 Å². The van der Waals surface area contributed by atoms with Gasteiger partial charge in [0.25, 0.3) is 0 Å². The molecule has 0 aliphatic carbocycles. The molecule has 1 unspecified atom stereocenters. The minimum Gasteiger partial charge on any atom is -0.386 e. The number of nitrogens with zero attached hydrogens (tertiary/aromatic N) is 3. The van der Waals surface area contributed by atoms with Crippen LogP contribution in [-0.2, 0) is 6.18 Å². The maximum atomic E-state index is 12.5. The fraction of sp³-hybridized carbons (Fsp3) is 0.200. The molecule has 0 bridgehead atoms. The number of alkyl halides is 3. The van der Waals surface area contributed by atoms with Gasteiger partial charge in [0.05, 0.1) is 22.2 Å². The Morgan fingerprint density at radius 3 is 2.58 bits per heavy atom. The molecule has 4 nitrogen and oxygen atoms in total. The van der Waals surface area contributed by atoms with Crippen LogP contribution >= 0.6 is 23.8 Å². The molecule has 0 fully saturated rings. The first kappa shape index (κ1) is 13.9. The predicted octanol–water partition coefficient (Wildman–Crippen LogP) is 2.56. The standard InChI is InChI=1S/C10H6ClF3N4S/c11-6-1-4(10(12,13)14)2-16-7(6)5-3-17-9(19)18-8(5)15/h1-3,5H,(H2,15,18,19). The molecule has 0 radical (unpaired) electrons. The molecule has 2 N–H and O–H groups in total. The summed E-state index contributed by atoms with van der Waals surface area (Å²) in [6.07, 6.45) is -2.46. The van der Waals surface area contributed by atoms with E-state index < -0.39 is 17.7 Å². The van der Waals surface area contributed by atoms with Crippen LogP contribution in [0.15, 0.2) is 22.2 Å². The van der Waals surface area contributed by atoms with Crippen molar-refractivity contribution < 1.29 is 13.2 Å². The average molecular weight is 307 g/mol. The molecule has 2 rings (SSSR count). The van der Waals surface area contributed by atoms with Crippen LogP contribution in [0.2, 0.25) is 5.02 Å². The maximum absolute atomic E-state index is 12.5. The van der Waals surface area contributed by atoms with E-state index >= 15 is 0 Å². The molecule has 1 aromatic heterocycles. The molecule has 0 spiro atoms. The second-order valence-corrected chi connectivity index (χ2v) is 4.44. The smallest absolute Gasteiger partial charge is 0.386 e. The highest BCUT2D eigenvalue weighted by Crippen LogP contribution is 2.32. The maximum Gasteiger partial charge on any atom is 0.417 e. The fourth-order valence-electron chi connectivity index (χ4n) is 1.47. The van der Waals surface area contributed by atoms with Gasteiger partial charge in [-0.05, 0) is 18.3 Å². The molecule has 0 amide bonds. The zero-order valence-electron chi connectivity index (χ0n) is 9.15. The van der Waals surface area contributed by atoms with Crippen molar-refractivity contribution in [3.8, 4) is 0 Å². The summed E-state index contributed by atoms with van der Waals surface area (Å²) >= 11 is 10.5. The second kappa shape index (κ2) is 4.86. The molecule has 1 aliphatic heterocycles. The molecular formula is C10H6ClF3N4S. The van der Waals surface area contributed by atoms with Crippen LogP contribution in [0.25, 0.3) is 0 Å². The highest BCUT2D eigenvalue weighted by atomic mass is 35.5. The molecule has 100 valence electrons. The zero-order valence-corrected chi connectivity index (χ0v) is 10.7. The van der Waals surface area contributed by atoms with Crippen LogP contribution in [0.3, 0.4) is 0 Å². The van der Waals surface area contributed by atoms with E-state index in [1.54, 1.807) is 0 Å². The van der Waals surface area contributed by atoms with Gasteiger partial charge in [-0.3, -0.25) is 4.98 Å². The zero-order chi connectivity index (χ0) is 14.2. The van der Waals surface area contributed by atoms with Gasteiger partial charge in [0, 0.05) is 12.4 Å². The van der Waals surface area contributed by atoms with E-state index in [1.807, 2.05) is 0 Å². The lowest BCUT2D eigenvalue weighted by atomic mass is 10.0.